The number of halogens is 3. The Kier molecular flexibility index (Phi) is 5.38. The van der Waals surface area contributed by atoms with Crippen LogP contribution >= 0.6 is 0 Å². The van der Waals surface area contributed by atoms with Crippen LogP contribution in [-0.2, 0) is 10.9 Å². The minimum absolute atomic E-state index is 0.141. The number of carbonyl (C=O) groups excluding carboxylic acids is 1. The number of nitrogen functional groups attached to an aromatic ring is 1. The Labute approximate surface area is 115 Å². The Morgan fingerprint density at radius 1 is 1.40 bits per heavy atom. The molecule has 1 rings (SSSR count). The van der Waals surface area contributed by atoms with Gasteiger partial charge >= 0.3 is 6.18 Å². The number of methoxy groups -OCH3 is 1. The molecule has 0 aliphatic carbocycles. The molecule has 7 heteroatoms. The molecule has 0 aliphatic rings. The molecular weight excluding hydrogens is 273 g/mol. The lowest BCUT2D eigenvalue weighted by atomic mass is 10.1. The summed E-state index contributed by atoms with van der Waals surface area (Å²) in [4.78, 5) is 13.6. The van der Waals surface area contributed by atoms with E-state index in [2.05, 4.69) is 0 Å². The first-order valence-electron chi connectivity index (χ1n) is 6.06. The van der Waals surface area contributed by atoms with E-state index >= 15 is 0 Å². The maximum Gasteiger partial charge on any atom is 0.418 e. The van der Waals surface area contributed by atoms with Gasteiger partial charge < -0.3 is 15.4 Å². The van der Waals surface area contributed by atoms with E-state index in [1.807, 2.05) is 0 Å². The number of hydrogen-bond donors (Lipinski definition) is 1. The summed E-state index contributed by atoms with van der Waals surface area (Å²) in [5.74, 6) is -0.534. The molecule has 0 fully saturated rings. The maximum atomic E-state index is 12.8. The molecule has 20 heavy (non-hydrogen) atoms. The lowest BCUT2D eigenvalue weighted by Crippen LogP contribution is -2.34. The second-order valence-corrected chi connectivity index (χ2v) is 4.14. The number of para-hydroxylation sites is 1. The fourth-order valence-corrected chi connectivity index (χ4v) is 1.77. The van der Waals surface area contributed by atoms with Crippen molar-refractivity contribution in [3.05, 3.63) is 29.3 Å². The zero-order chi connectivity index (χ0) is 15.3. The van der Waals surface area contributed by atoms with Crippen LogP contribution in [0.15, 0.2) is 18.2 Å². The zero-order valence-corrected chi connectivity index (χ0v) is 11.3. The molecule has 1 aromatic carbocycles. The van der Waals surface area contributed by atoms with Gasteiger partial charge in [-0.25, -0.2) is 0 Å². The SMILES string of the molecule is CCN(CCOC)C(=O)c1cccc(C(F)(F)F)c1N. The van der Waals surface area contributed by atoms with E-state index in [1.54, 1.807) is 6.92 Å². The van der Waals surface area contributed by atoms with Gasteiger partial charge in [0.15, 0.2) is 0 Å². The van der Waals surface area contributed by atoms with Crippen molar-refractivity contribution in [1.82, 2.24) is 4.90 Å². The highest BCUT2D eigenvalue weighted by atomic mass is 19.4. The Hall–Kier alpha value is -1.76. The van der Waals surface area contributed by atoms with E-state index in [4.69, 9.17) is 10.5 Å². The monoisotopic (exact) mass is 290 g/mol. The number of nitrogens with two attached hydrogens (primary N) is 1. The zero-order valence-electron chi connectivity index (χ0n) is 11.3. The van der Waals surface area contributed by atoms with Crippen molar-refractivity contribution >= 4 is 11.6 Å². The van der Waals surface area contributed by atoms with Gasteiger partial charge in [0.05, 0.1) is 23.4 Å². The highest BCUT2D eigenvalue weighted by Gasteiger charge is 2.34. The lowest BCUT2D eigenvalue weighted by Gasteiger charge is -2.22. The number of likely N-dealkylation sites (N-methyl/N-ethyl adjacent to an activating group) is 1. The summed E-state index contributed by atoms with van der Waals surface area (Å²) in [7, 11) is 1.48. The van der Waals surface area contributed by atoms with Gasteiger partial charge in [0.25, 0.3) is 5.91 Å². The first kappa shape index (κ1) is 16.3. The molecular formula is C13H17F3N2O2. The number of benzene rings is 1. The molecule has 0 unspecified atom stereocenters. The summed E-state index contributed by atoms with van der Waals surface area (Å²) in [6, 6.07) is 3.33. The number of carbonyl (C=O) groups is 1. The van der Waals surface area contributed by atoms with Crippen LogP contribution in [0.2, 0.25) is 0 Å². The number of ether oxygens (including phenoxy) is 1. The summed E-state index contributed by atoms with van der Waals surface area (Å²) in [5, 5.41) is 0. The fraction of sp³-hybridized carbons (Fsp3) is 0.462. The average Bonchev–Trinajstić information content (AvgIpc) is 2.38. The summed E-state index contributed by atoms with van der Waals surface area (Å²) < 4.78 is 43.1. The van der Waals surface area contributed by atoms with Crippen LogP contribution in [0.3, 0.4) is 0 Å². The van der Waals surface area contributed by atoms with E-state index in [-0.39, 0.29) is 5.56 Å². The number of nitrogens with zero attached hydrogens (tertiary/aromatic N) is 1. The second-order valence-electron chi connectivity index (χ2n) is 4.14. The Morgan fingerprint density at radius 3 is 2.55 bits per heavy atom. The molecule has 4 nitrogen and oxygen atoms in total. The highest BCUT2D eigenvalue weighted by Crippen LogP contribution is 2.35. The molecule has 0 radical (unpaired) electrons. The minimum Gasteiger partial charge on any atom is -0.398 e. The van der Waals surface area contributed by atoms with Crippen LogP contribution in [0.1, 0.15) is 22.8 Å². The van der Waals surface area contributed by atoms with Crippen LogP contribution in [0.25, 0.3) is 0 Å². The predicted molar refractivity (Wildman–Crippen MR) is 69.3 cm³/mol. The molecule has 0 heterocycles. The summed E-state index contributed by atoms with van der Waals surface area (Å²) in [6.45, 7) is 2.69. The third kappa shape index (κ3) is 3.63. The summed E-state index contributed by atoms with van der Waals surface area (Å²) in [6.07, 6.45) is -4.58. The number of hydrogen-bond acceptors (Lipinski definition) is 3. The van der Waals surface area contributed by atoms with Gasteiger partial charge in [-0.15, -0.1) is 0 Å². The molecule has 0 spiro atoms. The predicted octanol–water partition coefficient (Wildman–Crippen LogP) is 2.40. The van der Waals surface area contributed by atoms with Gasteiger partial charge in [0, 0.05) is 20.2 Å². The molecule has 2 N–H and O–H groups in total. The van der Waals surface area contributed by atoms with E-state index < -0.39 is 23.3 Å². The Balaban J connectivity index is 3.10. The molecule has 112 valence electrons. The summed E-state index contributed by atoms with van der Waals surface area (Å²) >= 11 is 0. The lowest BCUT2D eigenvalue weighted by molar-refractivity contribution is -0.136. The average molecular weight is 290 g/mol. The Morgan fingerprint density at radius 2 is 2.05 bits per heavy atom. The number of anilines is 1. The molecule has 0 saturated carbocycles. The van der Waals surface area contributed by atoms with Crippen molar-refractivity contribution < 1.29 is 22.7 Å². The normalized spacial score (nSPS) is 11.4. The van der Waals surface area contributed by atoms with Crippen LogP contribution in [0.4, 0.5) is 18.9 Å². The standard InChI is InChI=1S/C13H17F3N2O2/c1-3-18(7-8-20-2)12(19)9-5-4-6-10(11(9)17)13(14,15)16/h4-6H,3,7-8,17H2,1-2H3. The Bertz CT molecular complexity index is 475. The molecule has 0 bridgehead atoms. The third-order valence-corrected chi connectivity index (χ3v) is 2.88. The van der Waals surface area contributed by atoms with E-state index in [9.17, 15) is 18.0 Å². The maximum absolute atomic E-state index is 12.8. The quantitative estimate of drug-likeness (QED) is 0.847. The highest BCUT2D eigenvalue weighted by molar-refractivity contribution is 5.99. The first-order chi connectivity index (χ1) is 9.32. The molecule has 1 amide bonds. The van der Waals surface area contributed by atoms with Crippen molar-refractivity contribution in [2.45, 2.75) is 13.1 Å². The van der Waals surface area contributed by atoms with E-state index in [0.717, 1.165) is 6.07 Å². The largest absolute Gasteiger partial charge is 0.418 e. The van der Waals surface area contributed by atoms with Crippen molar-refractivity contribution in [2.24, 2.45) is 0 Å². The van der Waals surface area contributed by atoms with E-state index in [0.29, 0.717) is 19.7 Å². The molecule has 0 aromatic heterocycles. The minimum atomic E-state index is -4.58. The van der Waals surface area contributed by atoms with Crippen LogP contribution in [0.5, 0.6) is 0 Å². The summed E-state index contributed by atoms with van der Waals surface area (Å²) in [5.41, 5.74) is 3.82. The van der Waals surface area contributed by atoms with Crippen LogP contribution in [-0.4, -0.2) is 37.6 Å². The van der Waals surface area contributed by atoms with Gasteiger partial charge in [-0.05, 0) is 19.1 Å². The van der Waals surface area contributed by atoms with Gasteiger partial charge in [-0.3, -0.25) is 4.79 Å². The van der Waals surface area contributed by atoms with Crippen LogP contribution in [0, 0.1) is 0 Å². The second kappa shape index (κ2) is 6.60. The number of alkyl halides is 3. The topological polar surface area (TPSA) is 55.6 Å². The van der Waals surface area contributed by atoms with Gasteiger partial charge in [-0.2, -0.15) is 13.2 Å². The van der Waals surface area contributed by atoms with E-state index in [1.165, 1.54) is 24.1 Å². The third-order valence-electron chi connectivity index (χ3n) is 2.88. The smallest absolute Gasteiger partial charge is 0.398 e. The molecule has 0 aliphatic heterocycles. The van der Waals surface area contributed by atoms with Gasteiger partial charge in [-0.1, -0.05) is 6.07 Å². The first-order valence-corrected chi connectivity index (χ1v) is 6.06. The molecule has 1 aromatic rings. The van der Waals surface area contributed by atoms with Crippen molar-refractivity contribution in [3.63, 3.8) is 0 Å². The van der Waals surface area contributed by atoms with Gasteiger partial charge in [0.1, 0.15) is 0 Å². The van der Waals surface area contributed by atoms with Crippen molar-refractivity contribution in [2.75, 3.05) is 32.5 Å². The number of amides is 1. The van der Waals surface area contributed by atoms with Crippen molar-refractivity contribution in [3.8, 4) is 0 Å². The van der Waals surface area contributed by atoms with Crippen molar-refractivity contribution in [1.29, 1.82) is 0 Å². The molecule has 0 atom stereocenters. The fourth-order valence-electron chi connectivity index (χ4n) is 1.77. The van der Waals surface area contributed by atoms with Crippen LogP contribution < -0.4 is 5.73 Å². The number of rotatable bonds is 5. The molecule has 0 saturated heterocycles. The van der Waals surface area contributed by atoms with Gasteiger partial charge in [0.2, 0.25) is 0 Å².